The standard InChI is InChI=1S/C12H20N4O/c1-17-12-5-4-11(14-15-12)9-16-6-2-3-10(7-13)8-16/h4-5,10H,2-3,6-9,13H2,1H3. The molecule has 1 fully saturated rings. The predicted octanol–water partition coefficient (Wildman–Crippen LogP) is 0.656. The van der Waals surface area contributed by atoms with E-state index in [2.05, 4.69) is 15.1 Å². The van der Waals surface area contributed by atoms with Gasteiger partial charge in [0, 0.05) is 19.2 Å². The largest absolute Gasteiger partial charge is 0.480 e. The fourth-order valence-electron chi connectivity index (χ4n) is 2.26. The highest BCUT2D eigenvalue weighted by Gasteiger charge is 2.18. The van der Waals surface area contributed by atoms with Gasteiger partial charge in [-0.25, -0.2) is 0 Å². The molecule has 0 bridgehead atoms. The molecular weight excluding hydrogens is 216 g/mol. The molecule has 1 aliphatic rings. The van der Waals surface area contributed by atoms with Gasteiger partial charge in [-0.15, -0.1) is 5.10 Å². The smallest absolute Gasteiger partial charge is 0.233 e. The minimum atomic E-state index is 0.562. The van der Waals surface area contributed by atoms with Crippen LogP contribution in [0, 0.1) is 5.92 Å². The quantitative estimate of drug-likeness (QED) is 0.832. The van der Waals surface area contributed by atoms with Crippen LogP contribution in [-0.2, 0) is 6.54 Å². The Kier molecular flexibility index (Phi) is 4.28. The maximum atomic E-state index is 5.73. The van der Waals surface area contributed by atoms with Gasteiger partial charge in [-0.2, -0.15) is 5.10 Å². The number of likely N-dealkylation sites (tertiary alicyclic amines) is 1. The van der Waals surface area contributed by atoms with Crippen molar-refractivity contribution in [3.63, 3.8) is 0 Å². The molecule has 0 radical (unpaired) electrons. The van der Waals surface area contributed by atoms with E-state index in [1.807, 2.05) is 12.1 Å². The zero-order valence-electron chi connectivity index (χ0n) is 10.3. The highest BCUT2D eigenvalue weighted by Crippen LogP contribution is 2.17. The summed E-state index contributed by atoms with van der Waals surface area (Å²) in [7, 11) is 1.60. The van der Waals surface area contributed by atoms with Crippen LogP contribution in [0.1, 0.15) is 18.5 Å². The molecule has 1 aromatic heterocycles. The summed E-state index contributed by atoms with van der Waals surface area (Å²) in [4.78, 5) is 2.40. The zero-order valence-corrected chi connectivity index (χ0v) is 10.3. The molecule has 0 amide bonds. The molecule has 5 heteroatoms. The topological polar surface area (TPSA) is 64.3 Å². The molecule has 1 unspecified atom stereocenters. The maximum absolute atomic E-state index is 5.73. The number of nitrogens with zero attached hydrogens (tertiary/aromatic N) is 3. The van der Waals surface area contributed by atoms with Gasteiger partial charge in [0.25, 0.3) is 0 Å². The van der Waals surface area contributed by atoms with Crippen LogP contribution in [0.25, 0.3) is 0 Å². The van der Waals surface area contributed by atoms with E-state index in [1.54, 1.807) is 7.11 Å². The molecule has 2 rings (SSSR count). The van der Waals surface area contributed by atoms with Crippen molar-refractivity contribution in [1.29, 1.82) is 0 Å². The van der Waals surface area contributed by atoms with Crippen molar-refractivity contribution in [2.24, 2.45) is 11.7 Å². The Morgan fingerprint density at radius 2 is 2.35 bits per heavy atom. The zero-order chi connectivity index (χ0) is 12.1. The SMILES string of the molecule is COc1ccc(CN2CCCC(CN)C2)nn1. The normalized spacial score (nSPS) is 21.4. The third-order valence-electron chi connectivity index (χ3n) is 3.23. The molecule has 2 N–H and O–H groups in total. The lowest BCUT2D eigenvalue weighted by atomic mass is 9.98. The molecule has 0 aromatic carbocycles. The molecule has 0 aliphatic carbocycles. The first-order chi connectivity index (χ1) is 8.31. The van der Waals surface area contributed by atoms with Crippen molar-refractivity contribution in [2.45, 2.75) is 19.4 Å². The van der Waals surface area contributed by atoms with Crippen molar-refractivity contribution in [3.05, 3.63) is 17.8 Å². The summed E-state index contributed by atoms with van der Waals surface area (Å²) in [6.45, 7) is 3.84. The van der Waals surface area contributed by atoms with E-state index in [4.69, 9.17) is 10.5 Å². The Hall–Kier alpha value is -1.20. The molecule has 1 atom stereocenters. The summed E-state index contributed by atoms with van der Waals surface area (Å²) in [5.74, 6) is 1.20. The molecule has 0 spiro atoms. The van der Waals surface area contributed by atoms with E-state index in [0.29, 0.717) is 11.8 Å². The van der Waals surface area contributed by atoms with Crippen LogP contribution in [0.2, 0.25) is 0 Å². The molecule has 1 saturated heterocycles. The van der Waals surface area contributed by atoms with Crippen molar-refractivity contribution in [3.8, 4) is 5.88 Å². The number of hydrogen-bond donors (Lipinski definition) is 1. The number of rotatable bonds is 4. The third kappa shape index (κ3) is 3.38. The Labute approximate surface area is 102 Å². The summed E-state index contributed by atoms with van der Waals surface area (Å²) in [5.41, 5.74) is 6.71. The highest BCUT2D eigenvalue weighted by molar-refractivity contribution is 5.11. The van der Waals surface area contributed by atoms with Gasteiger partial charge in [0.2, 0.25) is 5.88 Å². The second kappa shape index (κ2) is 5.93. The van der Waals surface area contributed by atoms with Crippen LogP contribution in [0.3, 0.4) is 0 Å². The van der Waals surface area contributed by atoms with Gasteiger partial charge >= 0.3 is 0 Å². The number of aromatic nitrogens is 2. The van der Waals surface area contributed by atoms with Crippen molar-refractivity contribution < 1.29 is 4.74 Å². The Morgan fingerprint density at radius 3 is 3.00 bits per heavy atom. The van der Waals surface area contributed by atoms with Crippen LogP contribution in [-0.4, -0.2) is 41.8 Å². The van der Waals surface area contributed by atoms with E-state index in [9.17, 15) is 0 Å². The molecule has 2 heterocycles. The Morgan fingerprint density at radius 1 is 1.47 bits per heavy atom. The summed E-state index contributed by atoms with van der Waals surface area (Å²) in [6.07, 6.45) is 2.48. The van der Waals surface area contributed by atoms with Crippen molar-refractivity contribution in [1.82, 2.24) is 15.1 Å². The minimum absolute atomic E-state index is 0.562. The Bertz CT molecular complexity index is 341. The molecule has 0 saturated carbocycles. The summed E-state index contributed by atoms with van der Waals surface area (Å²) < 4.78 is 4.99. The van der Waals surface area contributed by atoms with Gasteiger partial charge in [-0.1, -0.05) is 0 Å². The average molecular weight is 236 g/mol. The second-order valence-corrected chi connectivity index (χ2v) is 4.55. The van der Waals surface area contributed by atoms with Gasteiger partial charge in [0.1, 0.15) is 0 Å². The lowest BCUT2D eigenvalue weighted by Crippen LogP contribution is -2.38. The van der Waals surface area contributed by atoms with Crippen LogP contribution < -0.4 is 10.5 Å². The number of nitrogens with two attached hydrogens (primary N) is 1. The minimum Gasteiger partial charge on any atom is -0.480 e. The lowest BCUT2D eigenvalue weighted by Gasteiger charge is -2.31. The van der Waals surface area contributed by atoms with Gasteiger partial charge in [-0.3, -0.25) is 4.90 Å². The van der Waals surface area contributed by atoms with E-state index in [1.165, 1.54) is 12.8 Å². The number of piperidine rings is 1. The highest BCUT2D eigenvalue weighted by atomic mass is 16.5. The first kappa shape index (κ1) is 12.3. The van der Waals surface area contributed by atoms with Crippen molar-refractivity contribution >= 4 is 0 Å². The second-order valence-electron chi connectivity index (χ2n) is 4.55. The molecule has 94 valence electrons. The van der Waals surface area contributed by atoms with E-state index < -0.39 is 0 Å². The maximum Gasteiger partial charge on any atom is 0.233 e. The molecular formula is C12H20N4O. The van der Waals surface area contributed by atoms with Crippen LogP contribution in [0.5, 0.6) is 5.88 Å². The summed E-state index contributed by atoms with van der Waals surface area (Å²) in [5, 5.41) is 8.12. The van der Waals surface area contributed by atoms with E-state index >= 15 is 0 Å². The molecule has 5 nitrogen and oxygen atoms in total. The predicted molar refractivity (Wildman–Crippen MR) is 65.6 cm³/mol. The number of hydrogen-bond acceptors (Lipinski definition) is 5. The van der Waals surface area contributed by atoms with E-state index in [-0.39, 0.29) is 0 Å². The molecule has 1 aromatic rings. The van der Waals surface area contributed by atoms with Gasteiger partial charge < -0.3 is 10.5 Å². The van der Waals surface area contributed by atoms with E-state index in [0.717, 1.165) is 31.9 Å². The fraction of sp³-hybridized carbons (Fsp3) is 0.667. The Balaban J connectivity index is 1.90. The summed E-state index contributed by atoms with van der Waals surface area (Å²) in [6, 6.07) is 3.82. The van der Waals surface area contributed by atoms with Crippen LogP contribution in [0.4, 0.5) is 0 Å². The van der Waals surface area contributed by atoms with Crippen molar-refractivity contribution in [2.75, 3.05) is 26.7 Å². The fourth-order valence-corrected chi connectivity index (χ4v) is 2.26. The first-order valence-electron chi connectivity index (χ1n) is 6.11. The van der Waals surface area contributed by atoms with Crippen LogP contribution in [0.15, 0.2) is 12.1 Å². The van der Waals surface area contributed by atoms with Crippen LogP contribution >= 0.6 is 0 Å². The average Bonchev–Trinajstić information content (AvgIpc) is 2.40. The van der Waals surface area contributed by atoms with Gasteiger partial charge in [0.15, 0.2) is 0 Å². The molecule has 1 aliphatic heterocycles. The van der Waals surface area contributed by atoms with Gasteiger partial charge in [0.05, 0.1) is 12.8 Å². The molecule has 17 heavy (non-hydrogen) atoms. The van der Waals surface area contributed by atoms with Gasteiger partial charge in [-0.05, 0) is 37.9 Å². The third-order valence-corrected chi connectivity index (χ3v) is 3.23. The monoisotopic (exact) mass is 236 g/mol. The lowest BCUT2D eigenvalue weighted by molar-refractivity contribution is 0.168. The number of ether oxygens (including phenoxy) is 1. The number of methoxy groups -OCH3 is 1. The summed E-state index contributed by atoms with van der Waals surface area (Å²) >= 11 is 0. The first-order valence-corrected chi connectivity index (χ1v) is 6.11.